The largest absolute Gasteiger partial charge is 0.411 e. The molecule has 2 aromatic rings. The van der Waals surface area contributed by atoms with Crippen molar-refractivity contribution in [1.82, 2.24) is 9.97 Å². The number of aromatic nitrogens is 2. The van der Waals surface area contributed by atoms with E-state index in [1.807, 2.05) is 0 Å². The molecule has 0 saturated carbocycles. The molecule has 0 unspecified atom stereocenters. The number of amides is 1. The van der Waals surface area contributed by atoms with Crippen molar-refractivity contribution in [3.8, 4) is 0 Å². The van der Waals surface area contributed by atoms with Crippen LogP contribution < -0.4 is 5.32 Å². The summed E-state index contributed by atoms with van der Waals surface area (Å²) >= 11 is 0. The van der Waals surface area contributed by atoms with Crippen LogP contribution in [0.2, 0.25) is 0 Å². The summed E-state index contributed by atoms with van der Waals surface area (Å²) in [4.78, 5) is 19.5. The Bertz CT molecular complexity index is 611. The van der Waals surface area contributed by atoms with Crippen LogP contribution in [-0.4, -0.2) is 26.8 Å². The molecule has 0 atom stereocenters. The van der Waals surface area contributed by atoms with Crippen molar-refractivity contribution in [2.45, 2.75) is 6.92 Å². The maximum Gasteiger partial charge on any atom is 0.258 e. The van der Waals surface area contributed by atoms with E-state index in [0.29, 0.717) is 17.0 Å². The lowest BCUT2D eigenvalue weighted by Gasteiger charge is -2.06. The molecule has 1 heterocycles. The van der Waals surface area contributed by atoms with E-state index < -0.39 is 0 Å². The monoisotopic (exact) mass is 256 g/mol. The first-order valence-electron chi connectivity index (χ1n) is 5.56. The van der Waals surface area contributed by atoms with Gasteiger partial charge in [-0.3, -0.25) is 4.79 Å². The molecule has 2 N–H and O–H groups in total. The molecule has 19 heavy (non-hydrogen) atoms. The van der Waals surface area contributed by atoms with Crippen molar-refractivity contribution >= 4 is 17.3 Å². The van der Waals surface area contributed by atoms with E-state index in [1.54, 1.807) is 31.2 Å². The number of anilines is 1. The Balaban J connectivity index is 2.18. The van der Waals surface area contributed by atoms with Crippen LogP contribution >= 0.6 is 0 Å². The number of hydrogen-bond donors (Lipinski definition) is 2. The average molecular weight is 256 g/mol. The third kappa shape index (κ3) is 3.12. The highest BCUT2D eigenvalue weighted by molar-refractivity contribution is 6.05. The molecular formula is C13H12N4O2. The van der Waals surface area contributed by atoms with Crippen LogP contribution in [0.25, 0.3) is 0 Å². The molecule has 1 aromatic carbocycles. The Morgan fingerprint density at radius 1 is 1.26 bits per heavy atom. The lowest BCUT2D eigenvalue weighted by molar-refractivity contribution is 0.102. The van der Waals surface area contributed by atoms with E-state index in [9.17, 15) is 4.79 Å². The van der Waals surface area contributed by atoms with Gasteiger partial charge >= 0.3 is 0 Å². The van der Waals surface area contributed by atoms with Crippen LogP contribution in [0.3, 0.4) is 0 Å². The van der Waals surface area contributed by atoms with Gasteiger partial charge in [-0.05, 0) is 19.1 Å². The van der Waals surface area contributed by atoms with Gasteiger partial charge in [-0.15, -0.1) is 0 Å². The third-order valence-corrected chi connectivity index (χ3v) is 2.51. The van der Waals surface area contributed by atoms with Gasteiger partial charge < -0.3 is 10.5 Å². The molecular weight excluding hydrogens is 244 g/mol. The molecule has 0 aliphatic heterocycles. The number of hydrogen-bond acceptors (Lipinski definition) is 5. The molecule has 96 valence electrons. The fourth-order valence-corrected chi connectivity index (χ4v) is 1.50. The number of benzene rings is 1. The van der Waals surface area contributed by atoms with E-state index in [0.717, 1.165) is 5.56 Å². The van der Waals surface area contributed by atoms with E-state index in [1.165, 1.54) is 18.7 Å². The zero-order valence-corrected chi connectivity index (χ0v) is 10.2. The Hall–Kier alpha value is -2.76. The predicted octanol–water partition coefficient (Wildman–Crippen LogP) is 1.93. The van der Waals surface area contributed by atoms with Gasteiger partial charge in [-0.25, -0.2) is 9.97 Å². The van der Waals surface area contributed by atoms with Crippen molar-refractivity contribution in [1.29, 1.82) is 0 Å². The quantitative estimate of drug-likeness (QED) is 0.499. The fraction of sp³-hybridized carbons (Fsp3) is 0.0769. The Labute approximate surface area is 109 Å². The molecule has 0 saturated heterocycles. The highest BCUT2D eigenvalue weighted by Gasteiger charge is 2.07. The number of nitrogens with zero attached hydrogens (tertiary/aromatic N) is 3. The Morgan fingerprint density at radius 3 is 2.68 bits per heavy atom. The topological polar surface area (TPSA) is 87.5 Å². The minimum absolute atomic E-state index is 0.295. The summed E-state index contributed by atoms with van der Waals surface area (Å²) < 4.78 is 0. The molecule has 6 nitrogen and oxygen atoms in total. The van der Waals surface area contributed by atoms with Gasteiger partial charge in [0, 0.05) is 23.6 Å². The molecule has 0 bridgehead atoms. The molecule has 0 spiro atoms. The lowest BCUT2D eigenvalue weighted by Crippen LogP contribution is -2.12. The molecule has 0 aliphatic rings. The first kappa shape index (κ1) is 12.7. The van der Waals surface area contributed by atoms with Gasteiger partial charge in [0.05, 0.1) is 11.3 Å². The second-order valence-corrected chi connectivity index (χ2v) is 3.85. The molecule has 0 aliphatic carbocycles. The number of nitrogens with one attached hydrogen (secondary N) is 1. The fourth-order valence-electron chi connectivity index (χ4n) is 1.50. The first-order valence-corrected chi connectivity index (χ1v) is 5.56. The number of rotatable bonds is 3. The van der Waals surface area contributed by atoms with Gasteiger partial charge in [0.15, 0.2) is 0 Å². The van der Waals surface area contributed by atoms with E-state index in [-0.39, 0.29) is 5.91 Å². The number of oxime groups is 1. The summed E-state index contributed by atoms with van der Waals surface area (Å²) in [6.07, 6.45) is 4.23. The third-order valence-electron chi connectivity index (χ3n) is 2.51. The van der Waals surface area contributed by atoms with Gasteiger partial charge in [0.2, 0.25) is 0 Å². The Kier molecular flexibility index (Phi) is 3.82. The zero-order valence-electron chi connectivity index (χ0n) is 10.2. The van der Waals surface area contributed by atoms with E-state index in [4.69, 9.17) is 5.21 Å². The summed E-state index contributed by atoms with van der Waals surface area (Å²) in [5, 5.41) is 14.6. The maximum atomic E-state index is 11.9. The van der Waals surface area contributed by atoms with Crippen LogP contribution in [-0.2, 0) is 0 Å². The van der Waals surface area contributed by atoms with Crippen molar-refractivity contribution in [2.24, 2.45) is 5.16 Å². The predicted molar refractivity (Wildman–Crippen MR) is 70.4 cm³/mol. The van der Waals surface area contributed by atoms with E-state index >= 15 is 0 Å². The second-order valence-electron chi connectivity index (χ2n) is 3.85. The number of carbonyl (C=O) groups is 1. The van der Waals surface area contributed by atoms with Crippen LogP contribution in [0, 0.1) is 0 Å². The highest BCUT2D eigenvalue weighted by Crippen LogP contribution is 2.12. The van der Waals surface area contributed by atoms with Crippen LogP contribution in [0.4, 0.5) is 5.69 Å². The van der Waals surface area contributed by atoms with Crippen molar-refractivity contribution < 1.29 is 10.0 Å². The molecule has 2 rings (SSSR count). The van der Waals surface area contributed by atoms with Crippen LogP contribution in [0.1, 0.15) is 22.8 Å². The standard InChI is InChI=1S/C13H12N4O2/c1-9(17-19)10-3-2-4-12(5-10)16-13(18)11-6-14-8-15-7-11/h2-8,19H,1H3,(H,16,18)/b17-9-. The number of carbonyl (C=O) groups excluding carboxylic acids is 1. The minimum Gasteiger partial charge on any atom is -0.411 e. The van der Waals surface area contributed by atoms with Crippen molar-refractivity contribution in [2.75, 3.05) is 5.32 Å². The van der Waals surface area contributed by atoms with Crippen LogP contribution in [0.5, 0.6) is 0 Å². The summed E-state index contributed by atoms with van der Waals surface area (Å²) in [6, 6.07) is 7.02. The normalized spacial score (nSPS) is 11.1. The average Bonchev–Trinajstić information content (AvgIpc) is 2.47. The van der Waals surface area contributed by atoms with E-state index in [2.05, 4.69) is 20.4 Å². The molecule has 0 radical (unpaired) electrons. The molecule has 6 heteroatoms. The smallest absolute Gasteiger partial charge is 0.258 e. The highest BCUT2D eigenvalue weighted by atomic mass is 16.4. The first-order chi connectivity index (χ1) is 9.20. The molecule has 1 amide bonds. The van der Waals surface area contributed by atoms with Gasteiger partial charge in [-0.1, -0.05) is 17.3 Å². The summed E-state index contributed by atoms with van der Waals surface area (Å²) in [6.45, 7) is 1.67. The summed E-state index contributed by atoms with van der Waals surface area (Å²) in [7, 11) is 0. The van der Waals surface area contributed by atoms with Crippen LogP contribution in [0.15, 0.2) is 48.1 Å². The summed E-state index contributed by atoms with van der Waals surface area (Å²) in [5.74, 6) is -0.295. The van der Waals surface area contributed by atoms with Gasteiger partial charge in [-0.2, -0.15) is 0 Å². The zero-order chi connectivity index (χ0) is 13.7. The van der Waals surface area contributed by atoms with Crippen molar-refractivity contribution in [3.05, 3.63) is 54.1 Å². The minimum atomic E-state index is -0.295. The molecule has 1 aromatic heterocycles. The maximum absolute atomic E-state index is 11.9. The van der Waals surface area contributed by atoms with Gasteiger partial charge in [0.1, 0.15) is 6.33 Å². The lowest BCUT2D eigenvalue weighted by atomic mass is 10.1. The second kappa shape index (κ2) is 5.72. The summed E-state index contributed by atoms with van der Waals surface area (Å²) in [5.41, 5.74) is 2.18. The van der Waals surface area contributed by atoms with Crippen molar-refractivity contribution in [3.63, 3.8) is 0 Å². The van der Waals surface area contributed by atoms with Gasteiger partial charge in [0.25, 0.3) is 5.91 Å². The molecule has 0 fully saturated rings. The Morgan fingerprint density at radius 2 is 2.00 bits per heavy atom. The SMILES string of the molecule is C/C(=N/O)c1cccc(NC(=O)c2cncnc2)c1.